The van der Waals surface area contributed by atoms with Crippen LogP contribution in [0.1, 0.15) is 15.9 Å². The topological polar surface area (TPSA) is 59.4 Å². The van der Waals surface area contributed by atoms with E-state index in [2.05, 4.69) is 4.98 Å². The maximum atomic E-state index is 11.1. The fraction of sp³-hybridized carbons (Fsp3) is 0.143. The quantitative estimate of drug-likeness (QED) is 0.900. The van der Waals surface area contributed by atoms with Gasteiger partial charge >= 0.3 is 5.97 Å². The summed E-state index contributed by atoms with van der Waals surface area (Å²) >= 11 is 0. The second-order valence-corrected chi connectivity index (χ2v) is 3.87. The molecule has 0 saturated heterocycles. The van der Waals surface area contributed by atoms with E-state index in [-0.39, 0.29) is 0 Å². The molecule has 0 aliphatic carbocycles. The molecule has 4 heteroatoms. The van der Waals surface area contributed by atoms with Crippen molar-refractivity contribution in [2.24, 2.45) is 0 Å². The Hall–Kier alpha value is -2.36. The van der Waals surface area contributed by atoms with Gasteiger partial charge in [-0.2, -0.15) is 0 Å². The monoisotopic (exact) mass is 243 g/mol. The van der Waals surface area contributed by atoms with Gasteiger partial charge in [-0.1, -0.05) is 12.1 Å². The molecule has 1 heterocycles. The van der Waals surface area contributed by atoms with Gasteiger partial charge in [-0.05, 0) is 35.7 Å². The molecule has 0 radical (unpaired) electrons. The van der Waals surface area contributed by atoms with Gasteiger partial charge in [0.25, 0.3) is 0 Å². The Balaban J connectivity index is 2.57. The summed E-state index contributed by atoms with van der Waals surface area (Å²) in [6.45, 7) is 1.80. The Morgan fingerprint density at radius 1 is 1.33 bits per heavy atom. The Morgan fingerprint density at radius 3 is 2.78 bits per heavy atom. The minimum atomic E-state index is -0.921. The summed E-state index contributed by atoms with van der Waals surface area (Å²) in [5.74, 6) is -0.414. The molecule has 1 aromatic carbocycles. The van der Waals surface area contributed by atoms with Gasteiger partial charge in [0.2, 0.25) is 5.88 Å². The molecular formula is C14H13NO3. The zero-order chi connectivity index (χ0) is 13.1. The SMILES string of the molecule is COc1cc(-c2cccc(C(=O)O)c2C)ccn1. The fourth-order valence-electron chi connectivity index (χ4n) is 1.87. The molecule has 0 bridgehead atoms. The number of carboxylic acid groups (broad SMARTS) is 1. The van der Waals surface area contributed by atoms with Crippen molar-refractivity contribution in [2.45, 2.75) is 6.92 Å². The van der Waals surface area contributed by atoms with Crippen LogP contribution in [0.15, 0.2) is 36.5 Å². The molecule has 0 saturated carbocycles. The molecule has 0 spiro atoms. The van der Waals surface area contributed by atoms with Crippen LogP contribution in [0.25, 0.3) is 11.1 Å². The third kappa shape index (κ3) is 2.18. The van der Waals surface area contributed by atoms with Crippen LogP contribution in [-0.2, 0) is 0 Å². The number of hydrogen-bond acceptors (Lipinski definition) is 3. The van der Waals surface area contributed by atoms with Crippen molar-refractivity contribution in [2.75, 3.05) is 7.11 Å². The van der Waals surface area contributed by atoms with E-state index in [0.29, 0.717) is 11.4 Å². The van der Waals surface area contributed by atoms with Crippen molar-refractivity contribution in [1.82, 2.24) is 4.98 Å². The van der Waals surface area contributed by atoms with Crippen LogP contribution in [0.5, 0.6) is 5.88 Å². The van der Waals surface area contributed by atoms with Gasteiger partial charge in [-0.25, -0.2) is 9.78 Å². The lowest BCUT2D eigenvalue weighted by atomic mass is 9.97. The Morgan fingerprint density at radius 2 is 2.11 bits per heavy atom. The predicted molar refractivity (Wildman–Crippen MR) is 67.9 cm³/mol. The van der Waals surface area contributed by atoms with Crippen molar-refractivity contribution in [1.29, 1.82) is 0 Å². The number of ether oxygens (including phenoxy) is 1. The Labute approximate surface area is 105 Å². The average Bonchev–Trinajstić information content (AvgIpc) is 2.38. The van der Waals surface area contributed by atoms with E-state index >= 15 is 0 Å². The predicted octanol–water partition coefficient (Wildman–Crippen LogP) is 2.76. The zero-order valence-electron chi connectivity index (χ0n) is 10.2. The summed E-state index contributed by atoms with van der Waals surface area (Å²) in [5, 5.41) is 9.10. The first kappa shape index (κ1) is 12.1. The number of carbonyl (C=O) groups is 1. The van der Waals surface area contributed by atoms with E-state index in [1.54, 1.807) is 38.4 Å². The number of rotatable bonds is 3. The zero-order valence-corrected chi connectivity index (χ0v) is 10.2. The lowest BCUT2D eigenvalue weighted by Crippen LogP contribution is -2.00. The molecule has 1 aromatic heterocycles. The third-order valence-electron chi connectivity index (χ3n) is 2.82. The van der Waals surface area contributed by atoms with Crippen molar-refractivity contribution in [3.05, 3.63) is 47.7 Å². The highest BCUT2D eigenvalue weighted by Gasteiger charge is 2.11. The summed E-state index contributed by atoms with van der Waals surface area (Å²) in [7, 11) is 1.55. The molecule has 0 atom stereocenters. The summed E-state index contributed by atoms with van der Waals surface area (Å²) in [5.41, 5.74) is 2.81. The second-order valence-electron chi connectivity index (χ2n) is 3.87. The molecule has 2 rings (SSSR count). The van der Waals surface area contributed by atoms with Crippen molar-refractivity contribution < 1.29 is 14.6 Å². The van der Waals surface area contributed by atoms with Crippen molar-refractivity contribution in [3.63, 3.8) is 0 Å². The van der Waals surface area contributed by atoms with E-state index in [1.807, 2.05) is 12.1 Å². The van der Waals surface area contributed by atoms with Gasteiger partial charge in [0.05, 0.1) is 12.7 Å². The normalized spacial score (nSPS) is 10.1. The molecule has 1 N–H and O–H groups in total. The van der Waals surface area contributed by atoms with E-state index in [0.717, 1.165) is 16.7 Å². The lowest BCUT2D eigenvalue weighted by molar-refractivity contribution is 0.0696. The largest absolute Gasteiger partial charge is 0.481 e. The van der Waals surface area contributed by atoms with Crippen LogP contribution in [0.3, 0.4) is 0 Å². The molecular weight excluding hydrogens is 230 g/mol. The first-order valence-electron chi connectivity index (χ1n) is 5.47. The highest BCUT2D eigenvalue weighted by atomic mass is 16.5. The molecule has 0 unspecified atom stereocenters. The molecule has 2 aromatic rings. The van der Waals surface area contributed by atoms with Gasteiger partial charge in [-0.15, -0.1) is 0 Å². The maximum absolute atomic E-state index is 11.1. The number of aromatic carboxylic acids is 1. The number of aromatic nitrogens is 1. The van der Waals surface area contributed by atoms with Gasteiger partial charge in [0.15, 0.2) is 0 Å². The molecule has 0 amide bonds. The van der Waals surface area contributed by atoms with Crippen LogP contribution in [-0.4, -0.2) is 23.2 Å². The van der Waals surface area contributed by atoms with Gasteiger partial charge in [0.1, 0.15) is 0 Å². The summed E-state index contributed by atoms with van der Waals surface area (Å²) < 4.78 is 5.07. The van der Waals surface area contributed by atoms with Crippen LogP contribution < -0.4 is 4.74 Å². The molecule has 18 heavy (non-hydrogen) atoms. The molecule has 0 fully saturated rings. The number of pyridine rings is 1. The minimum absolute atomic E-state index is 0.309. The number of carboxylic acids is 1. The van der Waals surface area contributed by atoms with Gasteiger partial charge in [0, 0.05) is 12.3 Å². The highest BCUT2D eigenvalue weighted by Crippen LogP contribution is 2.27. The first-order valence-corrected chi connectivity index (χ1v) is 5.47. The van der Waals surface area contributed by atoms with E-state index in [4.69, 9.17) is 9.84 Å². The van der Waals surface area contributed by atoms with Crippen LogP contribution in [0, 0.1) is 6.92 Å². The number of nitrogens with zero attached hydrogens (tertiary/aromatic N) is 1. The minimum Gasteiger partial charge on any atom is -0.481 e. The fourth-order valence-corrected chi connectivity index (χ4v) is 1.87. The molecule has 0 aliphatic rings. The Kier molecular flexibility index (Phi) is 3.28. The second kappa shape index (κ2) is 4.87. The lowest BCUT2D eigenvalue weighted by Gasteiger charge is -2.09. The maximum Gasteiger partial charge on any atom is 0.335 e. The van der Waals surface area contributed by atoms with Crippen LogP contribution >= 0.6 is 0 Å². The molecule has 0 aliphatic heterocycles. The summed E-state index contributed by atoms with van der Waals surface area (Å²) in [4.78, 5) is 15.1. The first-order chi connectivity index (χ1) is 8.63. The van der Waals surface area contributed by atoms with Crippen molar-refractivity contribution in [3.8, 4) is 17.0 Å². The summed E-state index contributed by atoms with van der Waals surface area (Å²) in [6, 6.07) is 8.83. The Bertz CT molecular complexity index is 593. The average molecular weight is 243 g/mol. The molecule has 92 valence electrons. The summed E-state index contributed by atoms with van der Waals surface area (Å²) in [6.07, 6.45) is 1.64. The van der Waals surface area contributed by atoms with E-state index < -0.39 is 5.97 Å². The number of benzene rings is 1. The highest BCUT2D eigenvalue weighted by molar-refractivity contribution is 5.92. The van der Waals surface area contributed by atoms with Gasteiger partial charge < -0.3 is 9.84 Å². The van der Waals surface area contributed by atoms with E-state index in [1.165, 1.54) is 0 Å². The van der Waals surface area contributed by atoms with Gasteiger partial charge in [-0.3, -0.25) is 0 Å². The third-order valence-corrected chi connectivity index (χ3v) is 2.82. The van der Waals surface area contributed by atoms with Crippen molar-refractivity contribution >= 4 is 5.97 Å². The molecule has 4 nitrogen and oxygen atoms in total. The van der Waals surface area contributed by atoms with Crippen LogP contribution in [0.2, 0.25) is 0 Å². The number of hydrogen-bond donors (Lipinski definition) is 1. The van der Waals surface area contributed by atoms with Crippen LogP contribution in [0.4, 0.5) is 0 Å². The number of methoxy groups -OCH3 is 1. The van der Waals surface area contributed by atoms with E-state index in [9.17, 15) is 4.79 Å². The smallest absolute Gasteiger partial charge is 0.335 e. The standard InChI is InChI=1S/C14H13NO3/c1-9-11(4-3-5-12(9)14(16)17)10-6-7-15-13(8-10)18-2/h3-8H,1-2H3,(H,16,17).